The van der Waals surface area contributed by atoms with Crippen LogP contribution in [0.4, 0.5) is 0 Å². The Morgan fingerprint density at radius 2 is 2.00 bits per heavy atom. The van der Waals surface area contributed by atoms with Crippen LogP contribution in [-0.4, -0.2) is 40.6 Å². The summed E-state index contributed by atoms with van der Waals surface area (Å²) < 4.78 is 47.2. The van der Waals surface area contributed by atoms with Gasteiger partial charge in [0, 0.05) is 11.6 Å². The van der Waals surface area contributed by atoms with Crippen LogP contribution in [0.2, 0.25) is 0 Å². The van der Waals surface area contributed by atoms with Crippen LogP contribution in [-0.2, 0) is 19.9 Å². The van der Waals surface area contributed by atoms with E-state index in [9.17, 15) is 16.8 Å². The molecule has 1 aromatic rings. The predicted molar refractivity (Wildman–Crippen MR) is 78.0 cm³/mol. The van der Waals surface area contributed by atoms with Crippen LogP contribution in [0.3, 0.4) is 0 Å². The first kappa shape index (κ1) is 15.9. The Labute approximate surface area is 123 Å². The van der Waals surface area contributed by atoms with Gasteiger partial charge in [-0.2, -0.15) is 0 Å². The molecule has 0 amide bonds. The molecule has 2 rings (SSSR count). The predicted octanol–water partition coefficient (Wildman–Crippen LogP) is 0.956. The molecule has 0 bridgehead atoms. The van der Waals surface area contributed by atoms with E-state index in [-0.39, 0.29) is 20.2 Å². The molecule has 9 heteroatoms. The highest BCUT2D eigenvalue weighted by Crippen LogP contribution is 2.42. The normalized spacial score (nSPS) is 21.9. The molecule has 2 N–H and O–H groups in total. The molecule has 1 aliphatic rings. The number of fused-ring (bicyclic) bond motifs is 1. The lowest BCUT2D eigenvalue weighted by Crippen LogP contribution is -2.33. The molecule has 0 aliphatic carbocycles. The second-order valence-corrected chi connectivity index (χ2v) is 9.84. The molecule has 2 heterocycles. The van der Waals surface area contributed by atoms with Crippen molar-refractivity contribution in [2.24, 2.45) is 5.14 Å². The second-order valence-electron chi connectivity index (χ2n) is 4.70. The highest BCUT2D eigenvalue weighted by atomic mass is 32.3. The largest absolute Gasteiger partial charge is 0.297 e. The average molecular weight is 338 g/mol. The molecule has 0 saturated heterocycles. The summed E-state index contributed by atoms with van der Waals surface area (Å²) in [5, 5.41) is 5.12. The number of hydrogen-bond donors (Lipinski definition) is 1. The highest BCUT2D eigenvalue weighted by molar-refractivity contribution is 7.95. The molecule has 0 saturated carbocycles. The molecule has 0 aromatic carbocycles. The minimum atomic E-state index is -3.87. The van der Waals surface area contributed by atoms with Gasteiger partial charge in [-0.05, 0) is 25.6 Å². The second kappa shape index (κ2) is 5.38. The molecule has 1 atom stereocenters. The lowest BCUT2D eigenvalue weighted by atomic mass is 10.1. The maximum atomic E-state index is 12.1. The number of nitrogens with two attached hydrogens (primary N) is 1. The Morgan fingerprint density at radius 3 is 2.50 bits per heavy atom. The first-order valence-electron chi connectivity index (χ1n) is 6.34. The van der Waals surface area contributed by atoms with Crippen LogP contribution in [0.15, 0.2) is 14.5 Å². The van der Waals surface area contributed by atoms with E-state index in [1.807, 2.05) is 13.8 Å². The van der Waals surface area contributed by atoms with E-state index in [1.54, 1.807) is 0 Å². The van der Waals surface area contributed by atoms with Gasteiger partial charge in [0.2, 0.25) is 10.0 Å². The zero-order chi connectivity index (χ0) is 15.1. The Bertz CT molecular complexity index is 702. The SMILES string of the molecule is CCN(CC)C1CCS(=O)(=O)c2sc(S(N)(=O)=O)cc21. The van der Waals surface area contributed by atoms with Gasteiger partial charge in [-0.25, -0.2) is 22.0 Å². The summed E-state index contributed by atoms with van der Waals surface area (Å²) in [6.07, 6.45) is 0.484. The molecule has 0 fully saturated rings. The third kappa shape index (κ3) is 2.77. The van der Waals surface area contributed by atoms with Gasteiger partial charge in [-0.15, -0.1) is 11.3 Å². The van der Waals surface area contributed by atoms with Crippen molar-refractivity contribution in [2.45, 2.75) is 34.7 Å². The number of primary sulfonamides is 1. The van der Waals surface area contributed by atoms with Gasteiger partial charge in [0.25, 0.3) is 0 Å². The van der Waals surface area contributed by atoms with Crippen LogP contribution >= 0.6 is 11.3 Å². The molecule has 0 radical (unpaired) electrons. The van der Waals surface area contributed by atoms with Crippen molar-refractivity contribution in [2.75, 3.05) is 18.8 Å². The molecule has 1 aromatic heterocycles. The minimum absolute atomic E-state index is 0.0474. The Morgan fingerprint density at radius 1 is 1.40 bits per heavy atom. The number of thiophene rings is 1. The van der Waals surface area contributed by atoms with E-state index in [2.05, 4.69) is 4.90 Å². The van der Waals surface area contributed by atoms with Gasteiger partial charge in [0.1, 0.15) is 8.42 Å². The van der Waals surface area contributed by atoms with Crippen molar-refractivity contribution in [3.63, 3.8) is 0 Å². The van der Waals surface area contributed by atoms with Crippen molar-refractivity contribution >= 4 is 31.2 Å². The van der Waals surface area contributed by atoms with E-state index in [4.69, 9.17) is 5.14 Å². The van der Waals surface area contributed by atoms with Crippen LogP contribution < -0.4 is 5.14 Å². The summed E-state index contributed by atoms with van der Waals surface area (Å²) in [4.78, 5) is 2.13. The van der Waals surface area contributed by atoms with Crippen molar-refractivity contribution < 1.29 is 16.8 Å². The third-order valence-electron chi connectivity index (χ3n) is 3.54. The summed E-state index contributed by atoms with van der Waals surface area (Å²) in [5.41, 5.74) is 0.578. The molecule has 0 spiro atoms. The minimum Gasteiger partial charge on any atom is -0.297 e. The van der Waals surface area contributed by atoms with Gasteiger partial charge in [-0.1, -0.05) is 13.8 Å². The Balaban J connectivity index is 2.61. The molecule has 114 valence electrons. The van der Waals surface area contributed by atoms with Crippen LogP contribution in [0, 0.1) is 0 Å². The van der Waals surface area contributed by atoms with Crippen molar-refractivity contribution in [3.8, 4) is 0 Å². The number of hydrogen-bond acceptors (Lipinski definition) is 6. The van der Waals surface area contributed by atoms with Crippen molar-refractivity contribution in [1.29, 1.82) is 0 Å². The molecule has 1 aliphatic heterocycles. The van der Waals surface area contributed by atoms with Crippen molar-refractivity contribution in [3.05, 3.63) is 11.6 Å². The fourth-order valence-electron chi connectivity index (χ4n) is 2.54. The van der Waals surface area contributed by atoms with E-state index < -0.39 is 19.9 Å². The molecular weight excluding hydrogens is 320 g/mol. The van der Waals surface area contributed by atoms with Crippen molar-refractivity contribution in [1.82, 2.24) is 4.90 Å². The maximum absolute atomic E-state index is 12.1. The van der Waals surface area contributed by atoms with E-state index >= 15 is 0 Å². The number of nitrogens with zero attached hydrogens (tertiary/aromatic N) is 1. The van der Waals surface area contributed by atoms with Crippen LogP contribution in [0.25, 0.3) is 0 Å². The Hall–Kier alpha value is -0.480. The van der Waals surface area contributed by atoms with Gasteiger partial charge >= 0.3 is 0 Å². The number of sulfone groups is 1. The zero-order valence-corrected chi connectivity index (χ0v) is 13.8. The van der Waals surface area contributed by atoms with Gasteiger partial charge in [0.15, 0.2) is 9.84 Å². The highest BCUT2D eigenvalue weighted by Gasteiger charge is 2.36. The van der Waals surface area contributed by atoms with Gasteiger partial charge in [0.05, 0.1) is 5.75 Å². The summed E-state index contributed by atoms with van der Waals surface area (Å²) in [6.45, 7) is 5.56. The van der Waals surface area contributed by atoms with E-state index in [1.165, 1.54) is 6.07 Å². The van der Waals surface area contributed by atoms with Crippen LogP contribution in [0.1, 0.15) is 31.9 Å². The fourth-order valence-corrected chi connectivity index (χ4v) is 6.69. The first-order valence-corrected chi connectivity index (χ1v) is 10.4. The smallest absolute Gasteiger partial charge is 0.247 e. The number of sulfonamides is 1. The summed E-state index contributed by atoms with van der Waals surface area (Å²) in [7, 11) is -7.27. The third-order valence-corrected chi connectivity index (χ3v) is 8.49. The number of rotatable bonds is 4. The van der Waals surface area contributed by atoms with E-state index in [0.717, 1.165) is 24.4 Å². The monoisotopic (exact) mass is 338 g/mol. The molecule has 6 nitrogen and oxygen atoms in total. The maximum Gasteiger partial charge on any atom is 0.247 e. The van der Waals surface area contributed by atoms with Crippen LogP contribution in [0.5, 0.6) is 0 Å². The van der Waals surface area contributed by atoms with Gasteiger partial charge < -0.3 is 0 Å². The first-order chi connectivity index (χ1) is 9.20. The Kier molecular flexibility index (Phi) is 4.27. The van der Waals surface area contributed by atoms with E-state index in [0.29, 0.717) is 12.0 Å². The molecule has 1 unspecified atom stereocenters. The molecule has 20 heavy (non-hydrogen) atoms. The standard InChI is InChI=1S/C11H18N2O4S3/c1-3-13(4-2)9-5-6-19(14,15)11-8(9)7-10(18-11)20(12,16)17/h7,9H,3-6H2,1-2H3,(H2,12,16,17). The lowest BCUT2D eigenvalue weighted by molar-refractivity contribution is 0.209. The quantitative estimate of drug-likeness (QED) is 0.881. The summed E-state index contributed by atoms with van der Waals surface area (Å²) >= 11 is 0.764. The lowest BCUT2D eigenvalue weighted by Gasteiger charge is -2.32. The average Bonchev–Trinajstić information content (AvgIpc) is 2.79. The molecular formula is C11H18N2O4S3. The zero-order valence-electron chi connectivity index (χ0n) is 11.4. The summed E-state index contributed by atoms with van der Waals surface area (Å²) in [5.74, 6) is 0.0474. The summed E-state index contributed by atoms with van der Waals surface area (Å²) in [6, 6.07) is 1.37. The topological polar surface area (TPSA) is 97.5 Å². The fraction of sp³-hybridized carbons (Fsp3) is 0.636. The van der Waals surface area contributed by atoms with Gasteiger partial charge in [-0.3, -0.25) is 4.90 Å².